The van der Waals surface area contributed by atoms with Gasteiger partial charge in [0.2, 0.25) is 29.1 Å². The smallest absolute Gasteiger partial charge is 0.410 e. The van der Waals surface area contributed by atoms with Crippen LogP contribution < -0.4 is 32.0 Å². The molecule has 2 atom stereocenters. The van der Waals surface area contributed by atoms with Crippen LogP contribution in [0.4, 0.5) is 25.4 Å². The van der Waals surface area contributed by atoms with E-state index in [2.05, 4.69) is 16.0 Å². The standard InChI is InChI=1S/C49H63FN8O12/c1-4-55-28-36(47(66)67)45(64)35-26-37(50)39(27-38(35)55)56-21-23-57(24-22-56)49(69)70-29-31-11-13-33(14-12-31)53-46(65)32(9-8-19-52-48(51)68)25-40(60)44(30(2)3)54-41(61)16-15-34(59)10-6-5-7-20-58-42(62)17-18-43(58)63/h11-14,26-28,30,32,44H,4-10,15-25,29H2,1-3H3,(H,53,65)(H,54,61)(H,66,67)(H3,51,52,68)/t32-,44+/m1/s1. The van der Waals surface area contributed by atoms with Gasteiger partial charge in [-0.2, -0.15) is 0 Å². The molecule has 3 aromatic rings. The largest absolute Gasteiger partial charge is 0.477 e. The number of ketones is 2. The Morgan fingerprint density at radius 1 is 0.871 bits per heavy atom. The first-order valence-corrected chi connectivity index (χ1v) is 23.7. The number of likely N-dealkylation sites (tertiary alicyclic amines) is 1. The number of pyridine rings is 1. The van der Waals surface area contributed by atoms with E-state index in [9.17, 15) is 53.1 Å². The number of carboxylic acid groups (broad SMARTS) is 1. The van der Waals surface area contributed by atoms with E-state index in [1.807, 2.05) is 0 Å². The van der Waals surface area contributed by atoms with E-state index in [0.29, 0.717) is 55.5 Å². The van der Waals surface area contributed by atoms with Crippen molar-refractivity contribution in [1.82, 2.24) is 25.0 Å². The fourth-order valence-electron chi connectivity index (χ4n) is 8.49. The van der Waals surface area contributed by atoms with Crippen molar-refractivity contribution in [3.05, 3.63) is 69.8 Å². The number of unbranched alkanes of at least 4 members (excludes halogenated alkanes) is 2. The van der Waals surface area contributed by atoms with Crippen molar-refractivity contribution in [2.24, 2.45) is 17.6 Å². The Hall–Kier alpha value is -7.19. The summed E-state index contributed by atoms with van der Waals surface area (Å²) in [6.45, 7) is 7.00. The molecule has 0 aliphatic carbocycles. The molecule has 378 valence electrons. The maximum Gasteiger partial charge on any atom is 0.410 e. The van der Waals surface area contributed by atoms with Gasteiger partial charge in [0.05, 0.1) is 17.2 Å². The SMILES string of the molecule is CCn1cc(C(=O)O)c(=O)c2cc(F)c(N3CCN(C(=O)OCc4ccc(NC(=O)[C@H](CCCNC(N)=O)CC(=O)[C@@H](NC(=O)CCC(=O)CCCCCN5C(=O)CCC5=O)C(C)C)cc4)CC3)cc21. The van der Waals surface area contributed by atoms with Crippen molar-refractivity contribution in [3.63, 3.8) is 0 Å². The van der Waals surface area contributed by atoms with Gasteiger partial charge in [0, 0.05) is 108 Å². The van der Waals surface area contributed by atoms with Crippen molar-refractivity contribution < 1.29 is 57.4 Å². The van der Waals surface area contributed by atoms with E-state index < -0.39 is 58.7 Å². The van der Waals surface area contributed by atoms with Gasteiger partial charge >= 0.3 is 18.1 Å². The lowest BCUT2D eigenvalue weighted by Gasteiger charge is -2.35. The molecule has 0 bridgehead atoms. The van der Waals surface area contributed by atoms with Crippen molar-refractivity contribution in [2.45, 2.75) is 111 Å². The number of urea groups is 1. The van der Waals surface area contributed by atoms with Gasteiger partial charge in [0.1, 0.15) is 23.8 Å². The van der Waals surface area contributed by atoms with Gasteiger partial charge in [-0.25, -0.2) is 18.8 Å². The number of nitrogens with one attached hydrogen (secondary N) is 3. The number of rotatable bonds is 25. The first-order valence-electron chi connectivity index (χ1n) is 23.7. The number of aromatic carboxylic acids is 1. The molecule has 6 N–H and O–H groups in total. The molecule has 0 unspecified atom stereocenters. The molecule has 2 aromatic carbocycles. The van der Waals surface area contributed by atoms with E-state index in [1.54, 1.807) is 54.5 Å². The zero-order valence-electron chi connectivity index (χ0n) is 39.9. The van der Waals surface area contributed by atoms with Crippen LogP contribution in [-0.4, -0.2) is 118 Å². The minimum atomic E-state index is -1.40. The number of hydrogen-bond acceptors (Lipinski definition) is 12. The van der Waals surface area contributed by atoms with Crippen LogP contribution in [0, 0.1) is 17.7 Å². The maximum atomic E-state index is 15.4. The predicted octanol–water partition coefficient (Wildman–Crippen LogP) is 4.48. The van der Waals surface area contributed by atoms with Crippen LogP contribution >= 0.6 is 0 Å². The number of Topliss-reactive ketones (excluding diaryl/α,β-unsaturated/α-hetero) is 2. The lowest BCUT2D eigenvalue weighted by molar-refractivity contribution is -0.138. The van der Waals surface area contributed by atoms with Crippen molar-refractivity contribution >= 4 is 75.6 Å². The molecule has 7 amide bonds. The Morgan fingerprint density at radius 2 is 1.56 bits per heavy atom. The number of piperazine rings is 1. The Labute approximate surface area is 404 Å². The number of anilines is 2. The molecule has 1 aromatic heterocycles. The summed E-state index contributed by atoms with van der Waals surface area (Å²) < 4.78 is 22.5. The first-order chi connectivity index (χ1) is 33.4. The highest BCUT2D eigenvalue weighted by Crippen LogP contribution is 2.27. The molecule has 0 saturated carbocycles. The van der Waals surface area contributed by atoms with Crippen LogP contribution in [0.25, 0.3) is 10.9 Å². The van der Waals surface area contributed by atoms with Gasteiger partial charge in [-0.05, 0) is 68.4 Å². The van der Waals surface area contributed by atoms with Gasteiger partial charge in [-0.3, -0.25) is 38.5 Å². The quantitative estimate of drug-likeness (QED) is 0.0580. The lowest BCUT2D eigenvalue weighted by Crippen LogP contribution is -2.49. The minimum Gasteiger partial charge on any atom is -0.477 e. The van der Waals surface area contributed by atoms with Crippen LogP contribution in [0.3, 0.4) is 0 Å². The number of ether oxygens (including phenoxy) is 1. The number of halogens is 1. The second kappa shape index (κ2) is 25.4. The van der Waals surface area contributed by atoms with Crippen LogP contribution in [0.2, 0.25) is 0 Å². The second-order valence-electron chi connectivity index (χ2n) is 17.9. The highest BCUT2D eigenvalue weighted by molar-refractivity contribution is 6.02. The second-order valence-corrected chi connectivity index (χ2v) is 17.9. The van der Waals surface area contributed by atoms with Gasteiger partial charge in [-0.15, -0.1) is 0 Å². The van der Waals surface area contributed by atoms with Crippen LogP contribution in [0.15, 0.2) is 47.4 Å². The summed E-state index contributed by atoms with van der Waals surface area (Å²) in [5.41, 5.74) is 5.61. The molecule has 70 heavy (non-hydrogen) atoms. The number of nitrogens with zero attached hydrogens (tertiary/aromatic N) is 4. The van der Waals surface area contributed by atoms with E-state index in [1.165, 1.54) is 22.1 Å². The predicted molar refractivity (Wildman–Crippen MR) is 255 cm³/mol. The van der Waals surface area contributed by atoms with Gasteiger partial charge in [0.15, 0.2) is 5.78 Å². The number of amides is 7. The van der Waals surface area contributed by atoms with Gasteiger partial charge < -0.3 is 45.9 Å². The number of hydrogen-bond donors (Lipinski definition) is 5. The summed E-state index contributed by atoms with van der Waals surface area (Å²) in [4.78, 5) is 130. The number of primary amides is 1. The zero-order valence-corrected chi connectivity index (χ0v) is 39.9. The highest BCUT2D eigenvalue weighted by atomic mass is 19.1. The molecule has 0 spiro atoms. The van der Waals surface area contributed by atoms with Crippen molar-refractivity contribution in [1.29, 1.82) is 0 Å². The third-order valence-electron chi connectivity index (χ3n) is 12.5. The van der Waals surface area contributed by atoms with E-state index >= 15 is 4.39 Å². The Bertz CT molecular complexity index is 2490. The average Bonchev–Trinajstić information content (AvgIpc) is 3.65. The summed E-state index contributed by atoms with van der Waals surface area (Å²) in [5, 5.41) is 17.4. The molecular formula is C49H63FN8O12. The molecule has 2 fully saturated rings. The monoisotopic (exact) mass is 974 g/mol. The topological polar surface area (TPSA) is 277 Å². The summed E-state index contributed by atoms with van der Waals surface area (Å²) in [6.07, 6.45) is 3.32. The van der Waals surface area contributed by atoms with Crippen LogP contribution in [-0.2, 0) is 46.7 Å². The number of nitrogens with two attached hydrogens (primary N) is 1. The van der Waals surface area contributed by atoms with Crippen molar-refractivity contribution in [2.75, 3.05) is 49.5 Å². The molecule has 21 heteroatoms. The van der Waals surface area contributed by atoms with Crippen LogP contribution in [0.1, 0.15) is 107 Å². The fraction of sp³-hybridized carbons (Fsp3) is 0.510. The molecule has 2 aliphatic rings. The Morgan fingerprint density at radius 3 is 2.19 bits per heavy atom. The fourth-order valence-corrected chi connectivity index (χ4v) is 8.49. The summed E-state index contributed by atoms with van der Waals surface area (Å²) in [6, 6.07) is 7.45. The lowest BCUT2D eigenvalue weighted by atomic mass is 9.89. The minimum absolute atomic E-state index is 0.0185. The number of benzene rings is 2. The zero-order chi connectivity index (χ0) is 51.1. The maximum absolute atomic E-state index is 15.4. The number of carboxylic acids is 1. The molecule has 3 heterocycles. The first kappa shape index (κ1) is 53.8. The molecule has 0 radical (unpaired) electrons. The Balaban J connectivity index is 1.09. The molecule has 20 nitrogen and oxygen atoms in total. The van der Waals surface area contributed by atoms with Crippen LogP contribution in [0.5, 0.6) is 0 Å². The number of aromatic nitrogens is 1. The molecule has 2 saturated heterocycles. The normalized spacial score (nSPS) is 14.7. The number of aryl methyl sites for hydroxylation is 1. The average molecular weight is 975 g/mol. The summed E-state index contributed by atoms with van der Waals surface area (Å²) in [5.74, 6) is -5.08. The van der Waals surface area contributed by atoms with E-state index in [4.69, 9.17) is 10.5 Å². The summed E-state index contributed by atoms with van der Waals surface area (Å²) in [7, 11) is 0. The van der Waals surface area contributed by atoms with E-state index in [-0.39, 0.29) is 125 Å². The number of imide groups is 1. The number of carbonyl (C=O) groups excluding carboxylic acids is 8. The van der Waals surface area contributed by atoms with E-state index in [0.717, 1.165) is 6.07 Å². The Kier molecular flexibility index (Phi) is 19.5. The van der Waals surface area contributed by atoms with Crippen molar-refractivity contribution in [3.8, 4) is 0 Å². The highest BCUT2D eigenvalue weighted by Gasteiger charge is 2.31. The molecule has 5 rings (SSSR count). The molecule has 2 aliphatic heterocycles. The third kappa shape index (κ3) is 14.9. The van der Waals surface area contributed by atoms with Gasteiger partial charge in [0.25, 0.3) is 0 Å². The molecular weight excluding hydrogens is 912 g/mol. The number of carbonyl (C=O) groups is 9. The number of fused-ring (bicyclic) bond motifs is 1. The third-order valence-corrected chi connectivity index (χ3v) is 12.5. The summed E-state index contributed by atoms with van der Waals surface area (Å²) >= 11 is 0. The van der Waals surface area contributed by atoms with Gasteiger partial charge in [-0.1, -0.05) is 32.4 Å².